The molecule has 1 aliphatic rings. The van der Waals surface area contributed by atoms with Crippen LogP contribution >= 0.6 is 0 Å². The van der Waals surface area contributed by atoms with Crippen molar-refractivity contribution in [3.05, 3.63) is 29.6 Å². The molecule has 0 aromatic heterocycles. The quantitative estimate of drug-likeness (QED) is 0.826. The lowest BCUT2D eigenvalue weighted by molar-refractivity contribution is 0.602. The minimum atomic E-state index is -0.446. The molecule has 1 fully saturated rings. The van der Waals surface area contributed by atoms with Gasteiger partial charge in [-0.05, 0) is 43.4 Å². The van der Waals surface area contributed by atoms with Gasteiger partial charge in [-0.25, -0.2) is 4.39 Å². The Hall–Kier alpha value is -1.56. The molecular weight excluding hydrogens is 203 g/mol. The summed E-state index contributed by atoms with van der Waals surface area (Å²) in [5.74, 6) is 0.305. The van der Waals surface area contributed by atoms with Crippen LogP contribution in [0.25, 0.3) is 0 Å². The van der Waals surface area contributed by atoms with Gasteiger partial charge in [0.1, 0.15) is 11.9 Å². The Kier molecular flexibility index (Phi) is 3.09. The van der Waals surface area contributed by atoms with Crippen LogP contribution in [0.4, 0.5) is 10.1 Å². The van der Waals surface area contributed by atoms with E-state index in [0.29, 0.717) is 6.04 Å². The van der Waals surface area contributed by atoms with Gasteiger partial charge in [0.05, 0.1) is 5.56 Å². The number of hydrogen-bond donors (Lipinski definition) is 1. The van der Waals surface area contributed by atoms with E-state index in [0.717, 1.165) is 24.4 Å². The van der Waals surface area contributed by atoms with Crippen LogP contribution in [0.1, 0.15) is 31.7 Å². The molecule has 1 aromatic rings. The maximum Gasteiger partial charge on any atom is 0.143 e. The first-order valence-electron chi connectivity index (χ1n) is 5.65. The van der Waals surface area contributed by atoms with Crippen molar-refractivity contribution in [3.8, 4) is 6.07 Å². The van der Waals surface area contributed by atoms with Gasteiger partial charge in [0.2, 0.25) is 0 Å². The number of halogens is 1. The fraction of sp³-hybridized carbons (Fsp3) is 0.462. The molecule has 1 N–H and O–H groups in total. The molecule has 0 saturated heterocycles. The molecule has 84 valence electrons. The maximum atomic E-state index is 13.3. The summed E-state index contributed by atoms with van der Waals surface area (Å²) in [4.78, 5) is 0. The third-order valence-corrected chi connectivity index (χ3v) is 3.16. The second kappa shape index (κ2) is 4.52. The van der Waals surface area contributed by atoms with E-state index in [9.17, 15) is 4.39 Å². The number of nitrogens with zero attached hydrogens (tertiary/aromatic N) is 1. The Labute approximate surface area is 95.1 Å². The van der Waals surface area contributed by atoms with Crippen molar-refractivity contribution < 1.29 is 4.39 Å². The summed E-state index contributed by atoms with van der Waals surface area (Å²) < 4.78 is 13.3. The van der Waals surface area contributed by atoms with Crippen molar-refractivity contribution in [2.24, 2.45) is 5.92 Å². The summed E-state index contributed by atoms with van der Waals surface area (Å²) in [5, 5.41) is 11.9. The van der Waals surface area contributed by atoms with Crippen molar-refractivity contribution in [2.45, 2.75) is 32.2 Å². The molecule has 16 heavy (non-hydrogen) atoms. The molecule has 2 unspecified atom stereocenters. The van der Waals surface area contributed by atoms with E-state index < -0.39 is 5.82 Å². The number of nitriles is 1. The summed E-state index contributed by atoms with van der Waals surface area (Å²) in [6.45, 7) is 2.24. The Bertz CT molecular complexity index is 422. The topological polar surface area (TPSA) is 35.8 Å². The maximum absolute atomic E-state index is 13.3. The van der Waals surface area contributed by atoms with E-state index in [1.165, 1.54) is 18.6 Å². The molecule has 3 heteroatoms. The predicted molar refractivity (Wildman–Crippen MR) is 61.5 cm³/mol. The molecule has 0 spiro atoms. The largest absolute Gasteiger partial charge is 0.382 e. The number of nitrogens with one attached hydrogen (secondary N) is 1. The molecule has 0 aliphatic heterocycles. The lowest BCUT2D eigenvalue weighted by Crippen LogP contribution is -2.15. The van der Waals surface area contributed by atoms with Gasteiger partial charge in [0.15, 0.2) is 0 Å². The first-order chi connectivity index (χ1) is 7.69. The first kappa shape index (κ1) is 10.9. The molecule has 1 saturated carbocycles. The summed E-state index contributed by atoms with van der Waals surface area (Å²) in [5.41, 5.74) is 0.876. The summed E-state index contributed by atoms with van der Waals surface area (Å²) in [7, 11) is 0. The fourth-order valence-electron chi connectivity index (χ4n) is 2.27. The lowest BCUT2D eigenvalue weighted by atomic mass is 10.1. The van der Waals surface area contributed by atoms with Gasteiger partial charge in [-0.15, -0.1) is 0 Å². The summed E-state index contributed by atoms with van der Waals surface area (Å²) in [6.07, 6.45) is 3.51. The number of anilines is 1. The minimum absolute atomic E-state index is 0.102. The van der Waals surface area contributed by atoms with E-state index in [4.69, 9.17) is 5.26 Å². The van der Waals surface area contributed by atoms with E-state index in [-0.39, 0.29) is 5.56 Å². The number of rotatable bonds is 2. The van der Waals surface area contributed by atoms with Crippen molar-refractivity contribution in [1.82, 2.24) is 0 Å². The second-order valence-electron chi connectivity index (χ2n) is 4.57. The lowest BCUT2D eigenvalue weighted by Gasteiger charge is -2.14. The SMILES string of the molecule is CC1CCC(Nc2ccc(C#N)c(F)c2)C1. The molecule has 0 heterocycles. The average molecular weight is 218 g/mol. The summed E-state index contributed by atoms with van der Waals surface area (Å²) in [6, 6.07) is 6.96. The van der Waals surface area contributed by atoms with Gasteiger partial charge in [0.25, 0.3) is 0 Å². The van der Waals surface area contributed by atoms with Crippen molar-refractivity contribution in [3.63, 3.8) is 0 Å². The normalized spacial score (nSPS) is 24.1. The van der Waals surface area contributed by atoms with E-state index >= 15 is 0 Å². The Balaban J connectivity index is 2.05. The third kappa shape index (κ3) is 2.33. The zero-order valence-electron chi connectivity index (χ0n) is 9.33. The van der Waals surface area contributed by atoms with Crippen molar-refractivity contribution in [1.29, 1.82) is 5.26 Å². The Morgan fingerprint density at radius 3 is 2.81 bits per heavy atom. The highest BCUT2D eigenvalue weighted by Crippen LogP contribution is 2.27. The molecule has 1 aromatic carbocycles. The molecule has 2 atom stereocenters. The van der Waals surface area contributed by atoms with Gasteiger partial charge >= 0.3 is 0 Å². The number of benzene rings is 1. The molecular formula is C13H15FN2. The van der Waals surface area contributed by atoms with Crippen LogP contribution in [-0.4, -0.2) is 6.04 Å². The van der Waals surface area contributed by atoms with Crippen LogP contribution < -0.4 is 5.32 Å². The van der Waals surface area contributed by atoms with Gasteiger partial charge in [-0.1, -0.05) is 6.92 Å². The molecule has 0 bridgehead atoms. The number of hydrogen-bond acceptors (Lipinski definition) is 2. The smallest absolute Gasteiger partial charge is 0.143 e. The standard InChI is InChI=1S/C13H15FN2/c1-9-2-4-11(6-9)16-12-5-3-10(8-15)13(14)7-12/h3,5,7,9,11,16H,2,4,6H2,1H3. The van der Waals surface area contributed by atoms with Crippen LogP contribution in [0.5, 0.6) is 0 Å². The van der Waals surface area contributed by atoms with Gasteiger partial charge < -0.3 is 5.32 Å². The van der Waals surface area contributed by atoms with Crippen LogP contribution in [0.15, 0.2) is 18.2 Å². The molecule has 0 radical (unpaired) electrons. The Morgan fingerprint density at radius 1 is 1.44 bits per heavy atom. The fourth-order valence-corrected chi connectivity index (χ4v) is 2.27. The highest BCUT2D eigenvalue weighted by Gasteiger charge is 2.21. The minimum Gasteiger partial charge on any atom is -0.382 e. The highest BCUT2D eigenvalue weighted by atomic mass is 19.1. The molecule has 0 amide bonds. The molecule has 1 aliphatic carbocycles. The first-order valence-corrected chi connectivity index (χ1v) is 5.65. The van der Waals surface area contributed by atoms with Crippen molar-refractivity contribution in [2.75, 3.05) is 5.32 Å². The van der Waals surface area contributed by atoms with Crippen LogP contribution in [-0.2, 0) is 0 Å². The zero-order valence-corrected chi connectivity index (χ0v) is 9.33. The van der Waals surface area contributed by atoms with Crippen LogP contribution in [0, 0.1) is 23.1 Å². The van der Waals surface area contributed by atoms with Crippen LogP contribution in [0.2, 0.25) is 0 Å². The monoisotopic (exact) mass is 218 g/mol. The van der Waals surface area contributed by atoms with E-state index in [1.54, 1.807) is 6.07 Å². The summed E-state index contributed by atoms with van der Waals surface area (Å²) >= 11 is 0. The predicted octanol–water partition coefficient (Wildman–Crippen LogP) is 3.30. The van der Waals surface area contributed by atoms with Gasteiger partial charge in [0, 0.05) is 11.7 Å². The molecule has 2 rings (SSSR count). The van der Waals surface area contributed by atoms with Crippen LogP contribution in [0.3, 0.4) is 0 Å². The average Bonchev–Trinajstić information content (AvgIpc) is 2.64. The molecule has 2 nitrogen and oxygen atoms in total. The van der Waals surface area contributed by atoms with E-state index in [2.05, 4.69) is 12.2 Å². The van der Waals surface area contributed by atoms with Gasteiger partial charge in [-0.3, -0.25) is 0 Å². The van der Waals surface area contributed by atoms with E-state index in [1.807, 2.05) is 6.07 Å². The highest BCUT2D eigenvalue weighted by molar-refractivity contribution is 5.48. The van der Waals surface area contributed by atoms with Gasteiger partial charge in [-0.2, -0.15) is 5.26 Å². The Morgan fingerprint density at radius 2 is 2.25 bits per heavy atom. The van der Waals surface area contributed by atoms with Crippen molar-refractivity contribution >= 4 is 5.69 Å². The second-order valence-corrected chi connectivity index (χ2v) is 4.57. The zero-order chi connectivity index (χ0) is 11.5. The third-order valence-electron chi connectivity index (χ3n) is 3.16.